The number of hydrogen-bond donors (Lipinski definition) is 3. The molecule has 8 nitrogen and oxygen atoms in total. The smallest absolute Gasteiger partial charge is 0.323 e. The topological polar surface area (TPSA) is 116 Å². The number of carbonyl (C=O) groups is 4. The molecule has 1 aliphatic heterocycles. The monoisotopic (exact) mass is 395 g/mol. The molecule has 1 heterocycles. The van der Waals surface area contributed by atoms with Gasteiger partial charge in [0.1, 0.15) is 0 Å². The zero-order valence-corrected chi connectivity index (χ0v) is 16.1. The molecule has 0 unspecified atom stereocenters. The molecule has 3 rings (SSSR count). The molecule has 0 aliphatic carbocycles. The van der Waals surface area contributed by atoms with Gasteiger partial charge < -0.3 is 15.7 Å². The number of aliphatic carboxylic acids is 1. The maximum Gasteiger partial charge on any atom is 0.323 e. The van der Waals surface area contributed by atoms with Gasteiger partial charge in [0.05, 0.1) is 17.5 Å². The number of benzene rings is 2. The lowest BCUT2D eigenvalue weighted by Gasteiger charge is -2.15. The van der Waals surface area contributed by atoms with E-state index in [0.717, 1.165) is 0 Å². The third-order valence-electron chi connectivity index (χ3n) is 4.34. The number of carbonyl (C=O) groups excluding carboxylic acids is 3. The zero-order chi connectivity index (χ0) is 21.1. The Hall–Kier alpha value is -3.68. The summed E-state index contributed by atoms with van der Waals surface area (Å²) in [6.45, 7) is 4.19. The van der Waals surface area contributed by atoms with Crippen molar-refractivity contribution in [2.45, 2.75) is 20.3 Å². The van der Waals surface area contributed by atoms with Crippen LogP contribution in [-0.2, 0) is 11.2 Å². The summed E-state index contributed by atoms with van der Waals surface area (Å²) in [6, 6.07) is 10.5. The number of nitrogens with one attached hydrogen (secondary N) is 2. The van der Waals surface area contributed by atoms with Gasteiger partial charge in [-0.05, 0) is 41.8 Å². The maximum atomic E-state index is 12.5. The molecule has 3 N–H and O–H groups in total. The quantitative estimate of drug-likeness (QED) is 0.650. The summed E-state index contributed by atoms with van der Waals surface area (Å²) in [5, 5.41) is 14.0. The summed E-state index contributed by atoms with van der Waals surface area (Å²) in [7, 11) is 0. The van der Waals surface area contributed by atoms with E-state index in [1.54, 1.807) is 30.3 Å². The van der Waals surface area contributed by atoms with Crippen LogP contribution >= 0.6 is 0 Å². The van der Waals surface area contributed by atoms with Gasteiger partial charge in [0.25, 0.3) is 11.8 Å². The van der Waals surface area contributed by atoms with Crippen molar-refractivity contribution in [3.63, 3.8) is 0 Å². The van der Waals surface area contributed by atoms with Gasteiger partial charge in [-0.3, -0.25) is 19.3 Å². The highest BCUT2D eigenvalue weighted by Crippen LogP contribution is 2.26. The van der Waals surface area contributed by atoms with Crippen molar-refractivity contribution in [3.05, 3.63) is 59.2 Å². The van der Waals surface area contributed by atoms with E-state index >= 15 is 0 Å². The highest BCUT2D eigenvalue weighted by atomic mass is 16.4. The Morgan fingerprint density at radius 3 is 2.14 bits per heavy atom. The van der Waals surface area contributed by atoms with E-state index in [9.17, 15) is 19.2 Å². The number of fused-ring (bicyclic) bond motifs is 1. The van der Waals surface area contributed by atoms with E-state index in [2.05, 4.69) is 10.6 Å². The molecule has 150 valence electrons. The first-order chi connectivity index (χ1) is 13.7. The van der Waals surface area contributed by atoms with Crippen LogP contribution in [0.2, 0.25) is 0 Å². The highest BCUT2D eigenvalue weighted by Gasteiger charge is 2.35. The van der Waals surface area contributed by atoms with Gasteiger partial charge in [-0.2, -0.15) is 0 Å². The second kappa shape index (κ2) is 8.14. The fourth-order valence-electron chi connectivity index (χ4n) is 3.07. The fourth-order valence-corrected chi connectivity index (χ4v) is 3.07. The first-order valence-corrected chi connectivity index (χ1v) is 9.13. The number of carboxylic acids is 1. The van der Waals surface area contributed by atoms with Gasteiger partial charge in [-0.1, -0.05) is 26.0 Å². The van der Waals surface area contributed by atoms with Crippen LogP contribution in [0.15, 0.2) is 42.5 Å². The Bertz CT molecular complexity index is 982. The molecule has 0 aromatic heterocycles. The molecule has 0 fully saturated rings. The number of anilines is 2. The summed E-state index contributed by atoms with van der Waals surface area (Å²) < 4.78 is 0. The number of urea groups is 1. The Morgan fingerprint density at radius 2 is 1.52 bits per heavy atom. The molecule has 8 heteroatoms. The number of rotatable bonds is 6. The van der Waals surface area contributed by atoms with E-state index in [-0.39, 0.29) is 29.7 Å². The van der Waals surface area contributed by atoms with E-state index in [0.29, 0.717) is 29.0 Å². The van der Waals surface area contributed by atoms with E-state index in [1.807, 2.05) is 13.8 Å². The Labute approximate surface area is 167 Å². The minimum atomic E-state index is -0.931. The number of carboxylic acid groups (broad SMARTS) is 1. The van der Waals surface area contributed by atoms with Gasteiger partial charge in [0, 0.05) is 17.9 Å². The Balaban J connectivity index is 1.67. The Kier molecular flexibility index (Phi) is 5.63. The molecule has 0 atom stereocenters. The van der Waals surface area contributed by atoms with Crippen molar-refractivity contribution in [1.82, 2.24) is 4.90 Å². The van der Waals surface area contributed by atoms with Crippen LogP contribution in [0.1, 0.15) is 40.1 Å². The third-order valence-corrected chi connectivity index (χ3v) is 4.34. The lowest BCUT2D eigenvalue weighted by molar-refractivity contribution is -0.136. The summed E-state index contributed by atoms with van der Waals surface area (Å²) >= 11 is 0. The molecule has 0 radical (unpaired) electrons. The van der Waals surface area contributed by atoms with Gasteiger partial charge in [0.2, 0.25) is 0 Å². The van der Waals surface area contributed by atoms with Gasteiger partial charge in [0.15, 0.2) is 0 Å². The number of nitrogens with zero attached hydrogens (tertiary/aromatic N) is 1. The summed E-state index contributed by atoms with van der Waals surface area (Å²) in [6.07, 6.45) is -0.0951. The molecule has 29 heavy (non-hydrogen) atoms. The molecule has 1 aliphatic rings. The first kappa shape index (κ1) is 20.1. The summed E-state index contributed by atoms with van der Waals surface area (Å²) in [4.78, 5) is 49.0. The van der Waals surface area contributed by atoms with Gasteiger partial charge in [-0.15, -0.1) is 0 Å². The number of imide groups is 1. The van der Waals surface area contributed by atoms with Crippen molar-refractivity contribution >= 4 is 35.2 Å². The molecule has 2 aromatic carbocycles. The minimum absolute atomic E-state index is 0.0951. The standard InChI is InChI=1S/C21H21N3O5/c1-12(2)11-24-19(27)16-8-7-15(10-17(16)20(24)28)23-21(29)22-14-5-3-13(4-6-14)9-18(25)26/h3-8,10,12H,9,11H2,1-2H3,(H,25,26)(H2,22,23,29). The molecule has 0 spiro atoms. The van der Waals surface area contributed by atoms with Crippen molar-refractivity contribution in [3.8, 4) is 0 Å². The Morgan fingerprint density at radius 1 is 0.931 bits per heavy atom. The fraction of sp³-hybridized carbons (Fsp3) is 0.238. The van der Waals surface area contributed by atoms with Crippen molar-refractivity contribution in [2.24, 2.45) is 5.92 Å². The predicted molar refractivity (Wildman–Crippen MR) is 107 cm³/mol. The largest absolute Gasteiger partial charge is 0.481 e. The average Bonchev–Trinajstić information content (AvgIpc) is 2.87. The van der Waals surface area contributed by atoms with E-state index in [4.69, 9.17) is 5.11 Å². The van der Waals surface area contributed by atoms with Crippen LogP contribution < -0.4 is 10.6 Å². The van der Waals surface area contributed by atoms with Crippen molar-refractivity contribution in [1.29, 1.82) is 0 Å². The predicted octanol–water partition coefficient (Wildman–Crippen LogP) is 3.21. The number of amides is 4. The van der Waals surface area contributed by atoms with Gasteiger partial charge >= 0.3 is 12.0 Å². The van der Waals surface area contributed by atoms with Crippen molar-refractivity contribution in [2.75, 3.05) is 17.2 Å². The number of hydrogen-bond acceptors (Lipinski definition) is 4. The molecular formula is C21H21N3O5. The van der Waals surface area contributed by atoms with Crippen LogP contribution in [0.25, 0.3) is 0 Å². The van der Waals surface area contributed by atoms with E-state index in [1.165, 1.54) is 17.0 Å². The van der Waals surface area contributed by atoms with Crippen LogP contribution in [0, 0.1) is 5.92 Å². The normalized spacial score (nSPS) is 12.9. The summed E-state index contributed by atoms with van der Waals surface area (Å²) in [5.74, 6) is -1.46. The molecule has 2 aromatic rings. The first-order valence-electron chi connectivity index (χ1n) is 9.13. The van der Waals surface area contributed by atoms with Crippen LogP contribution in [0.4, 0.5) is 16.2 Å². The van der Waals surface area contributed by atoms with Crippen LogP contribution in [0.3, 0.4) is 0 Å². The molecular weight excluding hydrogens is 374 g/mol. The van der Waals surface area contributed by atoms with Crippen molar-refractivity contribution < 1.29 is 24.3 Å². The summed E-state index contributed by atoms with van der Waals surface area (Å²) in [5.41, 5.74) is 2.10. The second-order valence-corrected chi connectivity index (χ2v) is 7.22. The minimum Gasteiger partial charge on any atom is -0.481 e. The van der Waals surface area contributed by atoms with Crippen LogP contribution in [-0.4, -0.2) is 40.4 Å². The zero-order valence-electron chi connectivity index (χ0n) is 16.1. The second-order valence-electron chi connectivity index (χ2n) is 7.22. The molecule has 0 saturated carbocycles. The lowest BCUT2D eigenvalue weighted by Crippen LogP contribution is -2.33. The average molecular weight is 395 g/mol. The van der Waals surface area contributed by atoms with E-state index < -0.39 is 12.0 Å². The maximum absolute atomic E-state index is 12.5. The molecule has 0 bridgehead atoms. The van der Waals surface area contributed by atoms with Crippen LogP contribution in [0.5, 0.6) is 0 Å². The highest BCUT2D eigenvalue weighted by molar-refractivity contribution is 6.22. The molecule has 4 amide bonds. The SMILES string of the molecule is CC(C)CN1C(=O)c2ccc(NC(=O)Nc3ccc(CC(=O)O)cc3)cc2C1=O. The third kappa shape index (κ3) is 4.60. The molecule has 0 saturated heterocycles. The lowest BCUT2D eigenvalue weighted by atomic mass is 10.1. The van der Waals surface area contributed by atoms with Gasteiger partial charge in [-0.25, -0.2) is 4.79 Å².